The van der Waals surface area contributed by atoms with Gasteiger partial charge in [0.1, 0.15) is 5.82 Å². The minimum absolute atomic E-state index is 0.318. The molecule has 0 saturated carbocycles. The summed E-state index contributed by atoms with van der Waals surface area (Å²) in [6, 6.07) is 9.87. The molecule has 0 atom stereocenters. The van der Waals surface area contributed by atoms with Gasteiger partial charge in [-0.15, -0.1) is 0 Å². The molecular formula is C13H9FN2. The van der Waals surface area contributed by atoms with Crippen LogP contribution in [0.2, 0.25) is 0 Å². The van der Waals surface area contributed by atoms with Crippen molar-refractivity contribution >= 4 is 0 Å². The van der Waals surface area contributed by atoms with Gasteiger partial charge in [0.2, 0.25) is 0 Å². The number of halogens is 1. The molecule has 1 aromatic heterocycles. The van der Waals surface area contributed by atoms with Crippen molar-refractivity contribution in [1.82, 2.24) is 4.98 Å². The number of rotatable bonds is 1. The van der Waals surface area contributed by atoms with Crippen LogP contribution in [0.15, 0.2) is 36.5 Å². The standard InChI is InChI=1S/C13H9FN2/c1-9-13(3-2-4-16-9)11-5-10(8-15)6-12(14)7-11/h2-7H,1H3. The van der Waals surface area contributed by atoms with Crippen LogP contribution in [0.5, 0.6) is 0 Å². The summed E-state index contributed by atoms with van der Waals surface area (Å²) < 4.78 is 13.3. The van der Waals surface area contributed by atoms with Gasteiger partial charge in [-0.2, -0.15) is 5.26 Å². The molecule has 0 spiro atoms. The maximum atomic E-state index is 13.3. The second-order valence-corrected chi connectivity index (χ2v) is 3.48. The van der Waals surface area contributed by atoms with Gasteiger partial charge in [0.05, 0.1) is 11.6 Å². The Bertz CT molecular complexity index is 570. The molecule has 16 heavy (non-hydrogen) atoms. The fraction of sp³-hybridized carbons (Fsp3) is 0.0769. The molecule has 0 fully saturated rings. The van der Waals surface area contributed by atoms with E-state index in [1.807, 2.05) is 19.1 Å². The Kier molecular flexibility index (Phi) is 2.65. The topological polar surface area (TPSA) is 36.7 Å². The SMILES string of the molecule is Cc1ncccc1-c1cc(F)cc(C#N)c1. The molecule has 1 heterocycles. The number of hydrogen-bond donors (Lipinski definition) is 0. The zero-order valence-electron chi connectivity index (χ0n) is 8.74. The van der Waals surface area contributed by atoms with Crippen molar-refractivity contribution in [2.45, 2.75) is 6.92 Å². The predicted octanol–water partition coefficient (Wildman–Crippen LogP) is 3.07. The van der Waals surface area contributed by atoms with Gasteiger partial charge in [0.25, 0.3) is 0 Å². The lowest BCUT2D eigenvalue weighted by atomic mass is 10.0. The third-order valence-electron chi connectivity index (χ3n) is 2.34. The molecule has 0 aliphatic heterocycles. The van der Waals surface area contributed by atoms with Crippen LogP contribution in [0.1, 0.15) is 11.3 Å². The number of aromatic nitrogens is 1. The van der Waals surface area contributed by atoms with Crippen molar-refractivity contribution in [3.8, 4) is 17.2 Å². The number of pyridine rings is 1. The molecule has 0 unspecified atom stereocenters. The third kappa shape index (κ3) is 1.91. The summed E-state index contributed by atoms with van der Waals surface area (Å²) in [5.41, 5.74) is 2.66. The largest absolute Gasteiger partial charge is 0.261 e. The fourth-order valence-electron chi connectivity index (χ4n) is 1.60. The van der Waals surface area contributed by atoms with E-state index in [9.17, 15) is 4.39 Å². The van der Waals surface area contributed by atoms with Crippen LogP contribution in [0.4, 0.5) is 4.39 Å². The molecule has 3 heteroatoms. The molecule has 0 bridgehead atoms. The van der Waals surface area contributed by atoms with Crippen molar-refractivity contribution in [3.05, 3.63) is 53.6 Å². The van der Waals surface area contributed by atoms with Crippen LogP contribution in [0.25, 0.3) is 11.1 Å². The van der Waals surface area contributed by atoms with Crippen LogP contribution >= 0.6 is 0 Å². The first kappa shape index (κ1) is 10.3. The normalized spacial score (nSPS) is 9.81. The van der Waals surface area contributed by atoms with Crippen LogP contribution in [0.3, 0.4) is 0 Å². The zero-order valence-corrected chi connectivity index (χ0v) is 8.74. The summed E-state index contributed by atoms with van der Waals surface area (Å²) in [5, 5.41) is 8.77. The van der Waals surface area contributed by atoms with Gasteiger partial charge in [-0.1, -0.05) is 6.07 Å². The molecule has 2 rings (SSSR count). The second kappa shape index (κ2) is 4.11. The number of benzene rings is 1. The van der Waals surface area contributed by atoms with E-state index < -0.39 is 5.82 Å². The molecule has 78 valence electrons. The molecule has 0 aliphatic carbocycles. The lowest BCUT2D eigenvalue weighted by Gasteiger charge is -2.05. The molecule has 1 aromatic carbocycles. The monoisotopic (exact) mass is 212 g/mol. The Morgan fingerprint density at radius 1 is 1.31 bits per heavy atom. The smallest absolute Gasteiger partial charge is 0.125 e. The summed E-state index contributed by atoms with van der Waals surface area (Å²) >= 11 is 0. The maximum absolute atomic E-state index is 13.3. The number of aryl methyl sites for hydroxylation is 1. The summed E-state index contributed by atoms with van der Waals surface area (Å²) in [6.45, 7) is 1.85. The van der Waals surface area contributed by atoms with Crippen LogP contribution in [-0.4, -0.2) is 4.98 Å². The van der Waals surface area contributed by atoms with Gasteiger partial charge in [-0.05, 0) is 36.8 Å². The first-order valence-corrected chi connectivity index (χ1v) is 4.83. The summed E-state index contributed by atoms with van der Waals surface area (Å²) in [5.74, 6) is -0.405. The molecule has 2 aromatic rings. The number of nitriles is 1. The zero-order chi connectivity index (χ0) is 11.5. The summed E-state index contributed by atoms with van der Waals surface area (Å²) in [4.78, 5) is 4.14. The Labute approximate surface area is 93.0 Å². The summed E-state index contributed by atoms with van der Waals surface area (Å²) in [7, 11) is 0. The molecule has 0 N–H and O–H groups in total. The lowest BCUT2D eigenvalue weighted by Crippen LogP contribution is -1.89. The highest BCUT2D eigenvalue weighted by atomic mass is 19.1. The molecule has 0 radical (unpaired) electrons. The number of nitrogens with zero attached hydrogens (tertiary/aromatic N) is 2. The van der Waals surface area contributed by atoms with Gasteiger partial charge in [0, 0.05) is 17.5 Å². The van der Waals surface area contributed by atoms with E-state index >= 15 is 0 Å². The molecule has 0 amide bonds. The highest BCUT2D eigenvalue weighted by molar-refractivity contribution is 5.67. The van der Waals surface area contributed by atoms with E-state index in [1.54, 1.807) is 18.3 Å². The van der Waals surface area contributed by atoms with Crippen molar-refractivity contribution in [1.29, 1.82) is 5.26 Å². The van der Waals surface area contributed by atoms with Gasteiger partial charge in [0.15, 0.2) is 0 Å². The van der Waals surface area contributed by atoms with Crippen molar-refractivity contribution in [3.63, 3.8) is 0 Å². The lowest BCUT2D eigenvalue weighted by molar-refractivity contribution is 0.628. The van der Waals surface area contributed by atoms with Crippen molar-refractivity contribution in [2.75, 3.05) is 0 Å². The Morgan fingerprint density at radius 2 is 2.12 bits per heavy atom. The average Bonchev–Trinajstić information content (AvgIpc) is 2.28. The highest BCUT2D eigenvalue weighted by Gasteiger charge is 2.05. The second-order valence-electron chi connectivity index (χ2n) is 3.48. The minimum Gasteiger partial charge on any atom is -0.261 e. The molecule has 2 nitrogen and oxygen atoms in total. The number of hydrogen-bond acceptors (Lipinski definition) is 2. The Morgan fingerprint density at radius 3 is 2.81 bits per heavy atom. The van der Waals surface area contributed by atoms with Gasteiger partial charge in [-0.25, -0.2) is 4.39 Å². The third-order valence-corrected chi connectivity index (χ3v) is 2.34. The van der Waals surface area contributed by atoms with E-state index in [4.69, 9.17) is 5.26 Å². The van der Waals surface area contributed by atoms with E-state index in [0.717, 1.165) is 11.3 Å². The predicted molar refractivity (Wildman–Crippen MR) is 59.1 cm³/mol. The summed E-state index contributed by atoms with van der Waals surface area (Å²) in [6.07, 6.45) is 1.68. The maximum Gasteiger partial charge on any atom is 0.125 e. The van der Waals surface area contributed by atoms with Crippen molar-refractivity contribution in [2.24, 2.45) is 0 Å². The van der Waals surface area contributed by atoms with E-state index in [0.29, 0.717) is 11.1 Å². The fourth-order valence-corrected chi connectivity index (χ4v) is 1.60. The van der Waals surface area contributed by atoms with E-state index in [-0.39, 0.29) is 0 Å². The van der Waals surface area contributed by atoms with E-state index in [2.05, 4.69) is 4.98 Å². The van der Waals surface area contributed by atoms with Gasteiger partial charge >= 0.3 is 0 Å². The molecular weight excluding hydrogens is 203 g/mol. The first-order valence-electron chi connectivity index (χ1n) is 4.83. The van der Waals surface area contributed by atoms with Crippen LogP contribution in [0, 0.1) is 24.1 Å². The van der Waals surface area contributed by atoms with Gasteiger partial charge < -0.3 is 0 Å². The highest BCUT2D eigenvalue weighted by Crippen LogP contribution is 2.23. The quantitative estimate of drug-likeness (QED) is 0.728. The van der Waals surface area contributed by atoms with Crippen LogP contribution < -0.4 is 0 Å². The van der Waals surface area contributed by atoms with Crippen LogP contribution in [-0.2, 0) is 0 Å². The van der Waals surface area contributed by atoms with E-state index in [1.165, 1.54) is 12.1 Å². The Hall–Kier alpha value is -2.21. The average molecular weight is 212 g/mol. The minimum atomic E-state index is -0.405. The van der Waals surface area contributed by atoms with Crippen molar-refractivity contribution < 1.29 is 4.39 Å². The first-order chi connectivity index (χ1) is 7.70. The Balaban J connectivity index is 2.61. The van der Waals surface area contributed by atoms with Gasteiger partial charge in [-0.3, -0.25) is 4.98 Å². The molecule has 0 aliphatic rings. The molecule has 0 saturated heterocycles.